The highest BCUT2D eigenvalue weighted by Gasteiger charge is 2.41. The number of fused-ring (bicyclic) bond motifs is 13. The van der Waals surface area contributed by atoms with Crippen LogP contribution in [-0.4, -0.2) is 21.8 Å². The Morgan fingerprint density at radius 3 is 1.18 bits per heavy atom. The van der Waals surface area contributed by atoms with E-state index in [2.05, 4.69) is 275 Å². The molecule has 0 radical (unpaired) electrons. The first-order valence-corrected chi connectivity index (χ1v) is 27.2. The van der Waals surface area contributed by atoms with Crippen molar-refractivity contribution in [2.45, 2.75) is 0 Å². The number of aromatic nitrogens is 3. The first-order chi connectivity index (χ1) is 35.2. The summed E-state index contributed by atoms with van der Waals surface area (Å²) >= 11 is 1.90. The maximum absolute atomic E-state index is 2.67. The molecule has 0 bridgehead atoms. The topological polar surface area (TPSA) is 14.8 Å². The summed E-state index contributed by atoms with van der Waals surface area (Å²) < 4.78 is 10.1. The third kappa shape index (κ3) is 5.82. The van der Waals surface area contributed by atoms with Crippen molar-refractivity contribution >= 4 is 126 Å². The molecule has 0 fully saturated rings. The fraction of sp³-hybridized carbons (Fsp3) is 0. The number of rotatable bonds is 7. The molecule has 5 heteroatoms. The van der Waals surface area contributed by atoms with E-state index >= 15 is 0 Å². The van der Waals surface area contributed by atoms with Crippen molar-refractivity contribution in [3.05, 3.63) is 261 Å². The molecular weight excluding hydrogens is 895 g/mol. The van der Waals surface area contributed by atoms with E-state index in [4.69, 9.17) is 0 Å². The summed E-state index contributed by atoms with van der Waals surface area (Å²) in [6, 6.07) is 97.3. The molecule has 15 aromatic rings. The molecule has 0 aliphatic rings. The van der Waals surface area contributed by atoms with Gasteiger partial charge in [0.1, 0.15) is 0 Å². The van der Waals surface area contributed by atoms with Gasteiger partial charge in [-0.3, -0.25) is 0 Å². The molecule has 11 aromatic carbocycles. The van der Waals surface area contributed by atoms with Gasteiger partial charge in [-0.15, -0.1) is 11.3 Å². The van der Waals surface area contributed by atoms with E-state index < -0.39 is 8.07 Å². The number of para-hydroxylation sites is 3. The second-order valence-corrected chi connectivity index (χ2v) is 23.7. The second kappa shape index (κ2) is 15.6. The summed E-state index contributed by atoms with van der Waals surface area (Å²) in [5.41, 5.74) is 10.7. The van der Waals surface area contributed by atoms with Crippen molar-refractivity contribution in [1.82, 2.24) is 13.7 Å². The zero-order chi connectivity index (χ0) is 46.6. The molecule has 0 aliphatic carbocycles. The average Bonchev–Trinajstić information content (AvgIpc) is 4.19. The molecule has 4 heterocycles. The molecule has 332 valence electrons. The lowest BCUT2D eigenvalue weighted by Crippen LogP contribution is -2.74. The first-order valence-electron chi connectivity index (χ1n) is 24.4. The van der Waals surface area contributed by atoms with E-state index in [0.717, 1.165) is 17.1 Å². The van der Waals surface area contributed by atoms with Gasteiger partial charge in [-0.1, -0.05) is 188 Å². The quantitative estimate of drug-likeness (QED) is 0.112. The van der Waals surface area contributed by atoms with E-state index in [-0.39, 0.29) is 0 Å². The lowest BCUT2D eigenvalue weighted by atomic mass is 10.1. The lowest BCUT2D eigenvalue weighted by Gasteiger charge is -2.34. The monoisotopic (exact) mass is 937 g/mol. The van der Waals surface area contributed by atoms with E-state index in [0.29, 0.717) is 0 Å². The Balaban J connectivity index is 0.898. The van der Waals surface area contributed by atoms with Gasteiger partial charge < -0.3 is 13.7 Å². The second-order valence-electron chi connectivity index (χ2n) is 18.8. The van der Waals surface area contributed by atoms with Crippen molar-refractivity contribution in [1.29, 1.82) is 0 Å². The minimum atomic E-state index is -2.67. The van der Waals surface area contributed by atoms with E-state index in [9.17, 15) is 0 Å². The van der Waals surface area contributed by atoms with E-state index in [1.807, 2.05) is 11.3 Å². The molecule has 3 nitrogen and oxygen atoms in total. The largest absolute Gasteiger partial charge is 0.309 e. The molecule has 71 heavy (non-hydrogen) atoms. The predicted molar refractivity (Wildman–Crippen MR) is 306 cm³/mol. The Labute approximate surface area is 415 Å². The van der Waals surface area contributed by atoms with Gasteiger partial charge in [0.15, 0.2) is 8.07 Å². The number of benzene rings is 11. The summed E-state index contributed by atoms with van der Waals surface area (Å²) in [6.45, 7) is 0. The predicted octanol–water partition coefficient (Wildman–Crippen LogP) is 14.7. The van der Waals surface area contributed by atoms with Crippen LogP contribution in [0.25, 0.3) is 103 Å². The van der Waals surface area contributed by atoms with Crippen LogP contribution < -0.4 is 20.7 Å². The van der Waals surface area contributed by atoms with E-state index in [1.54, 1.807) is 0 Å². The average molecular weight is 938 g/mol. The third-order valence-corrected chi connectivity index (χ3v) is 21.2. The normalized spacial score (nSPS) is 12.2. The number of nitrogens with zero attached hydrogens (tertiary/aromatic N) is 3. The van der Waals surface area contributed by atoms with Gasteiger partial charge in [0.25, 0.3) is 0 Å². The molecule has 0 N–H and O–H groups in total. The van der Waals surface area contributed by atoms with Crippen molar-refractivity contribution in [2.75, 3.05) is 0 Å². The molecule has 0 unspecified atom stereocenters. The highest BCUT2D eigenvalue weighted by Crippen LogP contribution is 2.44. The molecule has 4 aromatic heterocycles. The van der Waals surface area contributed by atoms with Crippen LogP contribution in [-0.2, 0) is 0 Å². The highest BCUT2D eigenvalue weighted by molar-refractivity contribution is 7.26. The maximum Gasteiger partial charge on any atom is 0.179 e. The SMILES string of the molecule is c1ccc([Si](c2ccccc2)(c2ccccc2)c2ccc(-n3c4ccccc4c4cc(-n5c6ccccc6c6cc(-n7c8ccccc8c8ccc9c%10ccccc%10sc9c87)ccc65)ccc43)cc2)cc1. The Morgan fingerprint density at radius 1 is 0.254 bits per heavy atom. The molecule has 0 atom stereocenters. The first kappa shape index (κ1) is 40.2. The van der Waals surface area contributed by atoms with Gasteiger partial charge in [-0.2, -0.15) is 0 Å². The molecule has 0 spiro atoms. The molecular formula is C66H43N3SSi. The fourth-order valence-corrected chi connectivity index (χ4v) is 18.2. The maximum atomic E-state index is 2.51. The zero-order valence-corrected chi connectivity index (χ0v) is 40.4. The van der Waals surface area contributed by atoms with Gasteiger partial charge in [0.05, 0.1) is 37.8 Å². The Kier molecular flexibility index (Phi) is 8.85. The van der Waals surface area contributed by atoms with Gasteiger partial charge in [-0.05, 0) is 93.5 Å². The van der Waals surface area contributed by atoms with Crippen molar-refractivity contribution < 1.29 is 0 Å². The van der Waals surface area contributed by atoms with Crippen LogP contribution in [0.15, 0.2) is 261 Å². The van der Waals surface area contributed by atoms with Crippen molar-refractivity contribution in [2.24, 2.45) is 0 Å². The van der Waals surface area contributed by atoms with Gasteiger partial charge in [-0.25, -0.2) is 0 Å². The van der Waals surface area contributed by atoms with Gasteiger partial charge in [0, 0.05) is 64.9 Å². The van der Waals surface area contributed by atoms with Crippen LogP contribution in [0.5, 0.6) is 0 Å². The molecule has 0 aliphatic heterocycles. The Morgan fingerprint density at radius 2 is 0.634 bits per heavy atom. The van der Waals surface area contributed by atoms with Crippen LogP contribution in [0.2, 0.25) is 0 Å². The summed E-state index contributed by atoms with van der Waals surface area (Å²) in [5, 5.41) is 15.6. The Bertz CT molecular complexity index is 4470. The standard InChI is InChI=1S/C66H43N3SSi/c1-4-18-47(19-5-1)71(48-20-6-2-7-21-48,49-22-8-3-9-23-49)50-36-32-44(33-37-50)67-59-28-14-11-25-52(59)57-42-45(34-40-62(57)67)68-60-29-15-12-26-53(60)58-43-46(35-41-63(58)68)69-61-30-16-10-24-51(61)55-38-39-56-54-27-13-17-31-64(54)70-66(56)65(55)69/h1-43H. The van der Waals surface area contributed by atoms with Gasteiger partial charge >= 0.3 is 0 Å². The number of hydrogen-bond donors (Lipinski definition) is 0. The summed E-state index contributed by atoms with van der Waals surface area (Å²) in [5.74, 6) is 0. The van der Waals surface area contributed by atoms with Crippen LogP contribution >= 0.6 is 11.3 Å². The fourth-order valence-electron chi connectivity index (χ4n) is 12.2. The Hall–Kier alpha value is -8.74. The zero-order valence-electron chi connectivity index (χ0n) is 38.6. The summed E-state index contributed by atoms with van der Waals surface area (Å²) in [6.07, 6.45) is 0. The lowest BCUT2D eigenvalue weighted by molar-refractivity contribution is 1.16. The smallest absolute Gasteiger partial charge is 0.179 e. The number of hydrogen-bond acceptors (Lipinski definition) is 1. The van der Waals surface area contributed by atoms with Crippen molar-refractivity contribution in [3.8, 4) is 17.1 Å². The van der Waals surface area contributed by atoms with Crippen LogP contribution in [0.1, 0.15) is 0 Å². The van der Waals surface area contributed by atoms with E-state index in [1.165, 1.54) is 106 Å². The van der Waals surface area contributed by atoms with Crippen LogP contribution in [0.3, 0.4) is 0 Å². The highest BCUT2D eigenvalue weighted by atomic mass is 32.1. The third-order valence-electron chi connectivity index (χ3n) is 15.2. The molecule has 0 amide bonds. The van der Waals surface area contributed by atoms with Crippen molar-refractivity contribution in [3.63, 3.8) is 0 Å². The number of thiophene rings is 1. The molecule has 15 rings (SSSR count). The van der Waals surface area contributed by atoms with Crippen LogP contribution in [0.4, 0.5) is 0 Å². The minimum absolute atomic E-state index is 1.14. The molecule has 0 saturated carbocycles. The molecule has 0 saturated heterocycles. The summed E-state index contributed by atoms with van der Waals surface area (Å²) in [7, 11) is -2.67. The summed E-state index contributed by atoms with van der Waals surface area (Å²) in [4.78, 5) is 0. The minimum Gasteiger partial charge on any atom is -0.309 e. The van der Waals surface area contributed by atoms with Gasteiger partial charge in [0.2, 0.25) is 0 Å². The van der Waals surface area contributed by atoms with Crippen LogP contribution in [0, 0.1) is 0 Å².